The van der Waals surface area contributed by atoms with E-state index < -0.39 is 5.60 Å². The summed E-state index contributed by atoms with van der Waals surface area (Å²) >= 11 is 0. The Morgan fingerprint density at radius 3 is 1.96 bits per heavy atom. The monoisotopic (exact) mass is 336 g/mol. The van der Waals surface area contributed by atoms with Gasteiger partial charge in [0.05, 0.1) is 18.1 Å². The summed E-state index contributed by atoms with van der Waals surface area (Å²) in [4.78, 5) is 12.0. The first-order chi connectivity index (χ1) is 12.1. The standard InChI is InChI=1S/C22H24O3/c1-4-21(3)19(16-20(23)24-5-2)25-22(21,17-12-8-6-9-13-17)18-14-10-7-11-15-18/h6-16H,4-5H2,1-3H3/b19-16+. The Morgan fingerprint density at radius 2 is 1.52 bits per heavy atom. The molecule has 3 nitrogen and oxygen atoms in total. The van der Waals surface area contributed by atoms with E-state index in [1.54, 1.807) is 6.92 Å². The van der Waals surface area contributed by atoms with Crippen molar-refractivity contribution in [3.05, 3.63) is 83.6 Å². The van der Waals surface area contributed by atoms with E-state index in [1.165, 1.54) is 6.08 Å². The van der Waals surface area contributed by atoms with Gasteiger partial charge in [-0.05, 0) is 20.3 Å². The van der Waals surface area contributed by atoms with Gasteiger partial charge >= 0.3 is 5.97 Å². The van der Waals surface area contributed by atoms with E-state index in [0.717, 1.165) is 17.5 Å². The molecule has 1 fully saturated rings. The third kappa shape index (κ3) is 2.64. The zero-order valence-corrected chi connectivity index (χ0v) is 15.0. The van der Waals surface area contributed by atoms with Crippen molar-refractivity contribution in [3.63, 3.8) is 0 Å². The van der Waals surface area contributed by atoms with Crippen LogP contribution >= 0.6 is 0 Å². The summed E-state index contributed by atoms with van der Waals surface area (Å²) < 4.78 is 11.5. The highest BCUT2D eigenvalue weighted by Crippen LogP contribution is 2.63. The zero-order chi connectivity index (χ0) is 17.9. The second-order valence-electron chi connectivity index (χ2n) is 6.46. The van der Waals surface area contributed by atoms with Gasteiger partial charge in [0.1, 0.15) is 5.76 Å². The van der Waals surface area contributed by atoms with Crippen molar-refractivity contribution in [2.24, 2.45) is 5.41 Å². The Balaban J connectivity index is 2.13. The molecule has 1 saturated heterocycles. The predicted molar refractivity (Wildman–Crippen MR) is 97.9 cm³/mol. The number of carbonyl (C=O) groups is 1. The molecule has 3 rings (SSSR count). The quantitative estimate of drug-likeness (QED) is 0.580. The van der Waals surface area contributed by atoms with Crippen molar-refractivity contribution in [2.45, 2.75) is 32.8 Å². The first-order valence-electron chi connectivity index (χ1n) is 8.77. The minimum absolute atomic E-state index is 0.331. The molecule has 0 aliphatic carbocycles. The van der Waals surface area contributed by atoms with Crippen LogP contribution in [-0.2, 0) is 19.9 Å². The van der Waals surface area contributed by atoms with Gasteiger partial charge in [0.25, 0.3) is 0 Å². The van der Waals surface area contributed by atoms with Crippen LogP contribution < -0.4 is 0 Å². The lowest BCUT2D eigenvalue weighted by Gasteiger charge is -2.59. The van der Waals surface area contributed by atoms with E-state index in [1.807, 2.05) is 36.4 Å². The summed E-state index contributed by atoms with van der Waals surface area (Å²) in [6.07, 6.45) is 2.33. The molecule has 0 spiro atoms. The molecular weight excluding hydrogens is 312 g/mol. The maximum Gasteiger partial charge on any atom is 0.334 e. The molecule has 1 unspecified atom stereocenters. The molecule has 2 aromatic carbocycles. The molecule has 0 saturated carbocycles. The van der Waals surface area contributed by atoms with E-state index in [0.29, 0.717) is 12.4 Å². The highest BCUT2D eigenvalue weighted by molar-refractivity contribution is 5.83. The molecule has 1 heterocycles. The third-order valence-electron chi connectivity index (χ3n) is 5.19. The van der Waals surface area contributed by atoms with Gasteiger partial charge in [-0.25, -0.2) is 4.79 Å². The Morgan fingerprint density at radius 1 is 1.00 bits per heavy atom. The van der Waals surface area contributed by atoms with E-state index in [-0.39, 0.29) is 11.4 Å². The fourth-order valence-electron chi connectivity index (χ4n) is 3.69. The van der Waals surface area contributed by atoms with Gasteiger partial charge in [0.15, 0.2) is 5.60 Å². The smallest absolute Gasteiger partial charge is 0.334 e. The van der Waals surface area contributed by atoms with Crippen LogP contribution in [0.15, 0.2) is 72.5 Å². The van der Waals surface area contributed by atoms with Gasteiger partial charge in [-0.3, -0.25) is 0 Å². The minimum Gasteiger partial charge on any atom is -0.480 e. The molecule has 0 bridgehead atoms. The lowest BCUT2D eigenvalue weighted by atomic mass is 9.59. The number of benzene rings is 2. The minimum atomic E-state index is -0.609. The van der Waals surface area contributed by atoms with Crippen molar-refractivity contribution in [1.29, 1.82) is 0 Å². The van der Waals surface area contributed by atoms with Gasteiger partial charge in [0.2, 0.25) is 0 Å². The summed E-state index contributed by atoms with van der Waals surface area (Å²) in [5.74, 6) is 0.327. The number of ether oxygens (including phenoxy) is 2. The average molecular weight is 336 g/mol. The van der Waals surface area contributed by atoms with Crippen LogP contribution in [0.2, 0.25) is 0 Å². The molecular formula is C22H24O3. The Labute approximate surface area is 149 Å². The van der Waals surface area contributed by atoms with Crippen molar-refractivity contribution in [2.75, 3.05) is 6.61 Å². The third-order valence-corrected chi connectivity index (χ3v) is 5.19. The molecule has 1 atom stereocenters. The van der Waals surface area contributed by atoms with Crippen LogP contribution in [0, 0.1) is 5.41 Å². The first-order valence-corrected chi connectivity index (χ1v) is 8.77. The summed E-state index contributed by atoms with van der Waals surface area (Å²) in [5, 5.41) is 0. The van der Waals surface area contributed by atoms with Gasteiger partial charge in [-0.2, -0.15) is 0 Å². The van der Waals surface area contributed by atoms with E-state index >= 15 is 0 Å². The second kappa shape index (κ2) is 6.75. The average Bonchev–Trinajstić information content (AvgIpc) is 2.65. The normalized spacial score (nSPS) is 22.8. The lowest BCUT2D eigenvalue weighted by Crippen LogP contribution is -2.58. The summed E-state index contributed by atoms with van der Waals surface area (Å²) in [6.45, 7) is 6.44. The first kappa shape index (κ1) is 17.3. The van der Waals surface area contributed by atoms with E-state index in [4.69, 9.17) is 9.47 Å². The Kier molecular flexibility index (Phi) is 4.67. The fourth-order valence-corrected chi connectivity index (χ4v) is 3.69. The molecule has 0 amide bonds. The Bertz CT molecular complexity index is 725. The van der Waals surface area contributed by atoms with Crippen LogP contribution in [-0.4, -0.2) is 12.6 Å². The maximum atomic E-state index is 12.0. The van der Waals surface area contributed by atoms with Crippen molar-refractivity contribution >= 4 is 5.97 Å². The van der Waals surface area contributed by atoms with Crippen LogP contribution in [0.3, 0.4) is 0 Å². The molecule has 1 aliphatic heterocycles. The van der Waals surface area contributed by atoms with E-state index in [9.17, 15) is 4.79 Å². The highest BCUT2D eigenvalue weighted by Gasteiger charge is 2.63. The Hall–Kier alpha value is -2.55. The number of rotatable bonds is 5. The van der Waals surface area contributed by atoms with Crippen LogP contribution in [0.25, 0.3) is 0 Å². The molecule has 130 valence electrons. The van der Waals surface area contributed by atoms with Gasteiger partial charge < -0.3 is 9.47 Å². The topological polar surface area (TPSA) is 35.5 Å². The van der Waals surface area contributed by atoms with Gasteiger partial charge in [-0.1, -0.05) is 67.6 Å². The molecule has 0 aromatic heterocycles. The van der Waals surface area contributed by atoms with Crippen molar-refractivity contribution in [1.82, 2.24) is 0 Å². The summed E-state index contributed by atoms with van der Waals surface area (Å²) in [5.41, 5.74) is 1.24. The largest absolute Gasteiger partial charge is 0.480 e. The number of hydrogen-bond donors (Lipinski definition) is 0. The maximum absolute atomic E-state index is 12.0. The highest BCUT2D eigenvalue weighted by atomic mass is 16.5. The molecule has 3 heteroatoms. The van der Waals surface area contributed by atoms with E-state index in [2.05, 4.69) is 38.1 Å². The fraction of sp³-hybridized carbons (Fsp3) is 0.318. The summed E-state index contributed by atoms with van der Waals surface area (Å²) in [7, 11) is 0. The summed E-state index contributed by atoms with van der Waals surface area (Å²) in [6, 6.07) is 20.4. The number of carbonyl (C=O) groups excluding carboxylic acids is 1. The second-order valence-corrected chi connectivity index (χ2v) is 6.46. The van der Waals surface area contributed by atoms with Crippen LogP contribution in [0.1, 0.15) is 38.3 Å². The molecule has 25 heavy (non-hydrogen) atoms. The van der Waals surface area contributed by atoms with Crippen LogP contribution in [0.4, 0.5) is 0 Å². The number of esters is 1. The van der Waals surface area contributed by atoms with Crippen LogP contribution in [0.5, 0.6) is 0 Å². The number of hydrogen-bond acceptors (Lipinski definition) is 3. The van der Waals surface area contributed by atoms with Gasteiger partial charge in [0, 0.05) is 11.1 Å². The predicted octanol–water partition coefficient (Wildman–Crippen LogP) is 4.82. The van der Waals surface area contributed by atoms with Crippen molar-refractivity contribution in [3.8, 4) is 0 Å². The SMILES string of the molecule is CCOC(=O)/C=C1/OC(c2ccccc2)(c2ccccc2)C1(C)CC. The van der Waals surface area contributed by atoms with Gasteiger partial charge in [-0.15, -0.1) is 0 Å². The lowest BCUT2D eigenvalue weighted by molar-refractivity contribution is -0.184. The van der Waals surface area contributed by atoms with Crippen molar-refractivity contribution < 1.29 is 14.3 Å². The molecule has 0 N–H and O–H groups in total. The molecule has 1 aliphatic rings. The zero-order valence-electron chi connectivity index (χ0n) is 15.0. The molecule has 0 radical (unpaired) electrons. The molecule has 2 aromatic rings.